The van der Waals surface area contributed by atoms with Crippen molar-refractivity contribution in [2.75, 3.05) is 7.11 Å². The summed E-state index contributed by atoms with van der Waals surface area (Å²) in [6.45, 7) is 3.89. The molecule has 0 aliphatic heterocycles. The molecule has 1 aromatic rings. The fraction of sp³-hybridized carbons (Fsp3) is 0.333. The Morgan fingerprint density at radius 3 is 2.67 bits per heavy atom. The molecule has 0 saturated heterocycles. The predicted molar refractivity (Wildman–Crippen MR) is 79.0 cm³/mol. The van der Waals surface area contributed by atoms with Crippen molar-refractivity contribution in [3.8, 4) is 5.75 Å². The monoisotopic (exact) mass is 330 g/mol. The van der Waals surface area contributed by atoms with Crippen LogP contribution in [0.1, 0.15) is 24.2 Å². The number of rotatable bonds is 3. The highest BCUT2D eigenvalue weighted by molar-refractivity contribution is 9.10. The number of hydrogen-bond acceptors (Lipinski definition) is 3. The van der Waals surface area contributed by atoms with E-state index in [1.807, 2.05) is 13.8 Å². The Kier molecular flexibility index (Phi) is 5.55. The molecule has 98 valence electrons. The lowest BCUT2D eigenvalue weighted by atomic mass is 10.2. The average Bonchev–Trinajstić information content (AvgIpc) is 2.27. The van der Waals surface area contributed by atoms with E-state index in [2.05, 4.69) is 26.6 Å². The van der Waals surface area contributed by atoms with Crippen molar-refractivity contribution < 1.29 is 9.53 Å². The number of nitrogens with one attached hydrogen (secondary N) is 2. The van der Waals surface area contributed by atoms with Gasteiger partial charge in [0, 0.05) is 10.5 Å². The van der Waals surface area contributed by atoms with Gasteiger partial charge in [-0.05, 0) is 44.3 Å². The zero-order chi connectivity index (χ0) is 13.7. The summed E-state index contributed by atoms with van der Waals surface area (Å²) >= 11 is 8.34. The van der Waals surface area contributed by atoms with Crippen LogP contribution in [-0.2, 0) is 0 Å². The molecule has 0 fully saturated rings. The maximum Gasteiger partial charge on any atom is 0.261 e. The van der Waals surface area contributed by atoms with Crippen molar-refractivity contribution in [3.63, 3.8) is 0 Å². The second-order valence-electron chi connectivity index (χ2n) is 3.93. The number of thiocarbonyl (C=S) groups is 1. The quantitative estimate of drug-likeness (QED) is 0.836. The lowest BCUT2D eigenvalue weighted by Gasteiger charge is -2.13. The minimum absolute atomic E-state index is 0.169. The third-order valence-corrected chi connectivity index (χ3v) is 2.77. The van der Waals surface area contributed by atoms with Crippen molar-refractivity contribution in [3.05, 3.63) is 28.2 Å². The van der Waals surface area contributed by atoms with Gasteiger partial charge in [-0.1, -0.05) is 15.9 Å². The average molecular weight is 331 g/mol. The molecular weight excluding hydrogens is 316 g/mol. The Bertz CT molecular complexity index is 463. The predicted octanol–water partition coefficient (Wildman–Crippen LogP) is 2.47. The molecule has 18 heavy (non-hydrogen) atoms. The number of hydrogen-bond donors (Lipinski definition) is 2. The van der Waals surface area contributed by atoms with Gasteiger partial charge in [-0.2, -0.15) is 0 Å². The van der Waals surface area contributed by atoms with Crippen LogP contribution < -0.4 is 15.4 Å². The van der Waals surface area contributed by atoms with Crippen LogP contribution in [0.25, 0.3) is 0 Å². The van der Waals surface area contributed by atoms with E-state index in [9.17, 15) is 4.79 Å². The molecule has 0 atom stereocenters. The lowest BCUT2D eigenvalue weighted by molar-refractivity contribution is 0.0973. The Hall–Kier alpha value is -1.14. The summed E-state index contributed by atoms with van der Waals surface area (Å²) in [5.74, 6) is 0.203. The van der Waals surface area contributed by atoms with E-state index in [0.29, 0.717) is 16.4 Å². The van der Waals surface area contributed by atoms with Crippen molar-refractivity contribution >= 4 is 39.2 Å². The maximum atomic E-state index is 12.0. The fourth-order valence-corrected chi connectivity index (χ4v) is 2.02. The highest BCUT2D eigenvalue weighted by Crippen LogP contribution is 2.22. The van der Waals surface area contributed by atoms with Gasteiger partial charge in [-0.15, -0.1) is 0 Å². The molecule has 0 aliphatic carbocycles. The van der Waals surface area contributed by atoms with Crippen LogP contribution in [0.2, 0.25) is 0 Å². The Balaban J connectivity index is 2.83. The molecule has 0 saturated carbocycles. The van der Waals surface area contributed by atoms with Gasteiger partial charge < -0.3 is 10.1 Å². The SMILES string of the molecule is COc1ccc(Br)cc1C(=O)NC(=S)NC(C)C. The topological polar surface area (TPSA) is 50.4 Å². The normalized spacial score (nSPS) is 10.1. The van der Waals surface area contributed by atoms with Crippen LogP contribution in [0, 0.1) is 0 Å². The zero-order valence-electron chi connectivity index (χ0n) is 10.4. The summed E-state index contributed by atoms with van der Waals surface area (Å²) in [4.78, 5) is 12.0. The molecule has 0 bridgehead atoms. The lowest BCUT2D eigenvalue weighted by Crippen LogP contribution is -2.42. The molecule has 0 spiro atoms. The smallest absolute Gasteiger partial charge is 0.261 e. The molecule has 0 aliphatic rings. The molecule has 6 heteroatoms. The van der Waals surface area contributed by atoms with E-state index in [1.165, 1.54) is 7.11 Å². The van der Waals surface area contributed by atoms with E-state index < -0.39 is 0 Å². The Morgan fingerprint density at radius 1 is 1.44 bits per heavy atom. The fourth-order valence-electron chi connectivity index (χ4n) is 1.33. The Morgan fingerprint density at radius 2 is 2.11 bits per heavy atom. The number of halogens is 1. The zero-order valence-corrected chi connectivity index (χ0v) is 12.8. The van der Waals surface area contributed by atoms with Gasteiger partial charge in [0.05, 0.1) is 12.7 Å². The summed E-state index contributed by atoms with van der Waals surface area (Å²) in [5, 5.41) is 5.86. The van der Waals surface area contributed by atoms with Crippen LogP contribution in [0.4, 0.5) is 0 Å². The van der Waals surface area contributed by atoms with E-state index in [1.54, 1.807) is 18.2 Å². The molecule has 1 rings (SSSR count). The van der Waals surface area contributed by atoms with Crippen LogP contribution in [0.15, 0.2) is 22.7 Å². The van der Waals surface area contributed by atoms with Gasteiger partial charge >= 0.3 is 0 Å². The molecule has 0 aromatic heterocycles. The second kappa shape index (κ2) is 6.70. The van der Waals surface area contributed by atoms with E-state index in [0.717, 1.165) is 4.47 Å². The van der Waals surface area contributed by atoms with Crippen molar-refractivity contribution in [2.24, 2.45) is 0 Å². The number of methoxy groups -OCH3 is 1. The highest BCUT2D eigenvalue weighted by Gasteiger charge is 2.14. The van der Waals surface area contributed by atoms with E-state index in [4.69, 9.17) is 17.0 Å². The summed E-state index contributed by atoms with van der Waals surface area (Å²) in [6, 6.07) is 5.38. The molecule has 0 heterocycles. The minimum atomic E-state index is -0.300. The number of ether oxygens (including phenoxy) is 1. The van der Waals surface area contributed by atoms with E-state index >= 15 is 0 Å². The van der Waals surface area contributed by atoms with Crippen LogP contribution in [0.5, 0.6) is 5.75 Å². The molecule has 0 radical (unpaired) electrons. The van der Waals surface area contributed by atoms with Crippen LogP contribution in [-0.4, -0.2) is 24.2 Å². The molecule has 1 aromatic carbocycles. The van der Waals surface area contributed by atoms with Crippen molar-refractivity contribution in [1.82, 2.24) is 10.6 Å². The summed E-state index contributed by atoms with van der Waals surface area (Å²) in [5.41, 5.74) is 0.430. The van der Waals surface area contributed by atoms with Gasteiger partial charge in [0.25, 0.3) is 5.91 Å². The molecule has 0 unspecified atom stereocenters. The third kappa shape index (κ3) is 4.27. The van der Waals surface area contributed by atoms with Gasteiger partial charge in [0.2, 0.25) is 0 Å². The van der Waals surface area contributed by atoms with Gasteiger partial charge in [0.1, 0.15) is 5.75 Å². The first-order valence-corrected chi connectivity index (χ1v) is 6.59. The van der Waals surface area contributed by atoms with Crippen molar-refractivity contribution in [2.45, 2.75) is 19.9 Å². The summed E-state index contributed by atoms with van der Waals surface area (Å²) in [6.07, 6.45) is 0. The summed E-state index contributed by atoms with van der Waals surface area (Å²) < 4.78 is 5.94. The molecule has 2 N–H and O–H groups in total. The van der Waals surface area contributed by atoms with Gasteiger partial charge in [0.15, 0.2) is 5.11 Å². The molecular formula is C12H15BrN2O2S. The first-order valence-electron chi connectivity index (χ1n) is 5.39. The van der Waals surface area contributed by atoms with Crippen LogP contribution in [0.3, 0.4) is 0 Å². The standard InChI is InChI=1S/C12H15BrN2O2S/c1-7(2)14-12(18)15-11(16)9-6-8(13)4-5-10(9)17-3/h4-7H,1-3H3,(H2,14,15,16,18). The summed E-state index contributed by atoms with van der Waals surface area (Å²) in [7, 11) is 1.52. The minimum Gasteiger partial charge on any atom is -0.496 e. The molecule has 4 nitrogen and oxygen atoms in total. The second-order valence-corrected chi connectivity index (χ2v) is 5.25. The number of carbonyl (C=O) groups excluding carboxylic acids is 1. The van der Waals surface area contributed by atoms with Crippen LogP contribution >= 0.6 is 28.1 Å². The van der Waals surface area contributed by atoms with Gasteiger partial charge in [-0.25, -0.2) is 0 Å². The third-order valence-electron chi connectivity index (χ3n) is 2.05. The number of carbonyl (C=O) groups is 1. The first kappa shape index (κ1) is 14.9. The number of amides is 1. The maximum absolute atomic E-state index is 12.0. The number of benzene rings is 1. The highest BCUT2D eigenvalue weighted by atomic mass is 79.9. The van der Waals surface area contributed by atoms with Crippen molar-refractivity contribution in [1.29, 1.82) is 0 Å². The first-order chi connectivity index (χ1) is 8.43. The molecule has 1 amide bonds. The Labute approximate surface area is 120 Å². The van der Waals surface area contributed by atoms with Gasteiger partial charge in [-0.3, -0.25) is 10.1 Å². The largest absolute Gasteiger partial charge is 0.496 e. The van der Waals surface area contributed by atoms with E-state index in [-0.39, 0.29) is 11.9 Å².